The van der Waals surface area contributed by atoms with E-state index < -0.39 is 0 Å². The van der Waals surface area contributed by atoms with Crippen molar-refractivity contribution in [3.63, 3.8) is 0 Å². The number of nitrogen functional groups attached to an aromatic ring is 1. The third-order valence-corrected chi connectivity index (χ3v) is 2.87. The molecule has 1 aromatic rings. The van der Waals surface area contributed by atoms with Gasteiger partial charge < -0.3 is 5.73 Å². The van der Waals surface area contributed by atoms with Gasteiger partial charge in [0.15, 0.2) is 0 Å². The Kier molecular flexibility index (Phi) is 2.63. The number of nitrogens with two attached hydrogens (primary N) is 1. The second-order valence-corrected chi connectivity index (χ2v) is 4.30. The normalized spacial score (nSPS) is 20.8. The minimum absolute atomic E-state index is 0.669. The molecule has 0 bridgehead atoms. The van der Waals surface area contributed by atoms with Crippen molar-refractivity contribution in [2.45, 2.75) is 20.3 Å². The van der Waals surface area contributed by atoms with Gasteiger partial charge in [0, 0.05) is 5.69 Å². The lowest BCUT2D eigenvalue weighted by Crippen LogP contribution is -1.99. The number of anilines is 1. The maximum atomic E-state index is 5.68. The van der Waals surface area contributed by atoms with Crippen molar-refractivity contribution in [2.24, 2.45) is 5.92 Å². The fourth-order valence-corrected chi connectivity index (χ4v) is 2.06. The number of rotatable bonds is 1. The molecule has 0 amide bonds. The van der Waals surface area contributed by atoms with Crippen LogP contribution in [0.2, 0.25) is 0 Å². The summed E-state index contributed by atoms with van der Waals surface area (Å²) in [5.41, 5.74) is 10.5. The highest BCUT2D eigenvalue weighted by molar-refractivity contribution is 5.79. The summed E-state index contributed by atoms with van der Waals surface area (Å²) < 4.78 is 0. The van der Waals surface area contributed by atoms with Gasteiger partial charge in [0.05, 0.1) is 0 Å². The molecule has 0 saturated heterocycles. The van der Waals surface area contributed by atoms with E-state index in [0.717, 1.165) is 12.1 Å². The van der Waals surface area contributed by atoms with Crippen molar-refractivity contribution < 1.29 is 0 Å². The predicted molar refractivity (Wildman–Crippen MR) is 66.4 cm³/mol. The van der Waals surface area contributed by atoms with Crippen LogP contribution >= 0.6 is 0 Å². The molecule has 0 aliphatic heterocycles. The third kappa shape index (κ3) is 2.12. The Morgan fingerprint density at radius 1 is 1.20 bits per heavy atom. The van der Waals surface area contributed by atoms with E-state index in [1.54, 1.807) is 0 Å². The zero-order chi connectivity index (χ0) is 10.8. The molecule has 0 saturated carbocycles. The molecule has 15 heavy (non-hydrogen) atoms. The van der Waals surface area contributed by atoms with E-state index in [1.165, 1.54) is 16.7 Å². The highest BCUT2D eigenvalue weighted by Crippen LogP contribution is 2.30. The summed E-state index contributed by atoms with van der Waals surface area (Å²) in [7, 11) is 0. The predicted octanol–water partition coefficient (Wildman–Crippen LogP) is 3.64. The molecule has 0 aromatic heterocycles. The minimum Gasteiger partial charge on any atom is -0.399 e. The van der Waals surface area contributed by atoms with E-state index >= 15 is 0 Å². The Balaban J connectivity index is 2.33. The molecule has 0 fully saturated rings. The molecule has 1 aliphatic rings. The highest BCUT2D eigenvalue weighted by atomic mass is 14.5. The lowest BCUT2D eigenvalue weighted by Gasteiger charge is -2.17. The maximum Gasteiger partial charge on any atom is 0.0314 e. The van der Waals surface area contributed by atoms with Crippen molar-refractivity contribution in [3.05, 3.63) is 47.6 Å². The van der Waals surface area contributed by atoms with Crippen molar-refractivity contribution in [3.8, 4) is 0 Å². The fraction of sp³-hybridized carbons (Fsp3) is 0.286. The zero-order valence-electron chi connectivity index (χ0n) is 9.33. The Morgan fingerprint density at radius 2 is 1.87 bits per heavy atom. The van der Waals surface area contributed by atoms with Gasteiger partial charge in [-0.05, 0) is 48.1 Å². The Labute approximate surface area is 91.3 Å². The van der Waals surface area contributed by atoms with Gasteiger partial charge in [-0.2, -0.15) is 0 Å². The van der Waals surface area contributed by atoms with Gasteiger partial charge in [-0.1, -0.05) is 31.2 Å². The summed E-state index contributed by atoms with van der Waals surface area (Å²) in [5.74, 6) is 0.669. The monoisotopic (exact) mass is 199 g/mol. The van der Waals surface area contributed by atoms with Crippen LogP contribution in [-0.4, -0.2) is 0 Å². The third-order valence-electron chi connectivity index (χ3n) is 2.87. The summed E-state index contributed by atoms with van der Waals surface area (Å²) in [6, 6.07) is 8.10. The first-order valence-corrected chi connectivity index (χ1v) is 5.41. The molecule has 0 radical (unpaired) electrons. The summed E-state index contributed by atoms with van der Waals surface area (Å²) in [6.45, 7) is 4.43. The fourth-order valence-electron chi connectivity index (χ4n) is 2.06. The first-order valence-electron chi connectivity index (χ1n) is 5.41. The van der Waals surface area contributed by atoms with Crippen molar-refractivity contribution >= 4 is 11.3 Å². The second-order valence-electron chi connectivity index (χ2n) is 4.30. The van der Waals surface area contributed by atoms with Crippen molar-refractivity contribution in [1.82, 2.24) is 0 Å². The Bertz CT molecular complexity index is 409. The molecule has 1 aliphatic carbocycles. The van der Waals surface area contributed by atoms with Gasteiger partial charge in [0.1, 0.15) is 0 Å². The van der Waals surface area contributed by atoms with Crippen LogP contribution in [0.3, 0.4) is 0 Å². The number of benzene rings is 1. The average molecular weight is 199 g/mol. The van der Waals surface area contributed by atoms with Crippen LogP contribution in [0.15, 0.2) is 42.0 Å². The SMILES string of the molecule is CC1=CC(C)CC=C1c1ccc(N)cc1. The average Bonchev–Trinajstić information content (AvgIpc) is 2.20. The zero-order valence-corrected chi connectivity index (χ0v) is 9.33. The van der Waals surface area contributed by atoms with Crippen LogP contribution in [0.4, 0.5) is 5.69 Å². The van der Waals surface area contributed by atoms with E-state index in [2.05, 4.69) is 38.1 Å². The van der Waals surface area contributed by atoms with E-state index in [4.69, 9.17) is 5.73 Å². The summed E-state index contributed by atoms with van der Waals surface area (Å²) >= 11 is 0. The van der Waals surface area contributed by atoms with E-state index in [9.17, 15) is 0 Å². The summed E-state index contributed by atoms with van der Waals surface area (Å²) in [4.78, 5) is 0. The second kappa shape index (κ2) is 3.93. The molecule has 2 N–H and O–H groups in total. The van der Waals surface area contributed by atoms with Crippen LogP contribution in [-0.2, 0) is 0 Å². The van der Waals surface area contributed by atoms with Gasteiger partial charge in [-0.15, -0.1) is 0 Å². The van der Waals surface area contributed by atoms with Gasteiger partial charge in [0.25, 0.3) is 0 Å². The quantitative estimate of drug-likeness (QED) is 0.686. The van der Waals surface area contributed by atoms with Crippen molar-refractivity contribution in [2.75, 3.05) is 5.73 Å². The Morgan fingerprint density at radius 3 is 2.47 bits per heavy atom. The van der Waals surface area contributed by atoms with Crippen LogP contribution < -0.4 is 5.73 Å². The van der Waals surface area contributed by atoms with Gasteiger partial charge in [0.2, 0.25) is 0 Å². The van der Waals surface area contributed by atoms with E-state index in [1.807, 2.05) is 12.1 Å². The topological polar surface area (TPSA) is 26.0 Å². The van der Waals surface area contributed by atoms with Gasteiger partial charge >= 0.3 is 0 Å². The lowest BCUT2D eigenvalue weighted by molar-refractivity contribution is 0.732. The molecular weight excluding hydrogens is 182 g/mol. The van der Waals surface area contributed by atoms with E-state index in [0.29, 0.717) is 5.92 Å². The van der Waals surface area contributed by atoms with Crippen molar-refractivity contribution in [1.29, 1.82) is 0 Å². The molecule has 1 heteroatoms. The molecule has 2 rings (SSSR count). The first kappa shape index (κ1) is 10.0. The molecule has 1 aromatic carbocycles. The molecule has 78 valence electrons. The number of allylic oxidation sites excluding steroid dienone is 4. The standard InChI is InChI=1S/C14H17N/c1-10-3-8-14(11(2)9-10)12-4-6-13(15)7-5-12/h4-10H,3,15H2,1-2H3. The largest absolute Gasteiger partial charge is 0.399 e. The lowest BCUT2D eigenvalue weighted by atomic mass is 9.88. The molecule has 1 nitrogen and oxygen atoms in total. The summed E-state index contributed by atoms with van der Waals surface area (Å²) in [5, 5.41) is 0. The van der Waals surface area contributed by atoms with E-state index in [-0.39, 0.29) is 0 Å². The molecule has 0 spiro atoms. The molecule has 1 unspecified atom stereocenters. The van der Waals surface area contributed by atoms with Crippen LogP contribution in [0.25, 0.3) is 5.57 Å². The van der Waals surface area contributed by atoms with Crippen LogP contribution in [0, 0.1) is 5.92 Å². The maximum absolute atomic E-state index is 5.68. The van der Waals surface area contributed by atoms with Gasteiger partial charge in [-0.3, -0.25) is 0 Å². The first-order chi connectivity index (χ1) is 7.16. The highest BCUT2D eigenvalue weighted by Gasteiger charge is 2.10. The Hall–Kier alpha value is -1.50. The summed E-state index contributed by atoms with van der Waals surface area (Å²) in [6.07, 6.45) is 5.80. The molecule has 1 atom stereocenters. The van der Waals surface area contributed by atoms with Crippen LogP contribution in [0.5, 0.6) is 0 Å². The number of hydrogen-bond donors (Lipinski definition) is 1. The molecule has 0 heterocycles. The van der Waals surface area contributed by atoms with Gasteiger partial charge in [-0.25, -0.2) is 0 Å². The minimum atomic E-state index is 0.669. The van der Waals surface area contributed by atoms with Crippen LogP contribution in [0.1, 0.15) is 25.8 Å². The smallest absolute Gasteiger partial charge is 0.0314 e. The number of hydrogen-bond acceptors (Lipinski definition) is 1. The molecular formula is C14H17N.